The Morgan fingerprint density at radius 1 is 1.25 bits per heavy atom. The van der Waals surface area contributed by atoms with Gasteiger partial charge in [-0.15, -0.1) is 0 Å². The lowest BCUT2D eigenvalue weighted by Gasteiger charge is -2.17. The fraction of sp³-hybridized carbons (Fsp3) is 1.00. The quantitative estimate of drug-likeness (QED) is 0.640. The molecule has 2 atom stereocenters. The van der Waals surface area contributed by atoms with E-state index in [4.69, 9.17) is 5.73 Å². The van der Waals surface area contributed by atoms with Gasteiger partial charge in [-0.05, 0) is 12.3 Å². The van der Waals surface area contributed by atoms with Crippen LogP contribution in [0.5, 0.6) is 0 Å². The molecule has 74 valence electrons. The standard InChI is InChI=1S/C10H24N2/c1-5-9(4)6-10(11)7-12-8(2)3/h8-10,12H,5-7,11H2,1-4H3/t9?,10-/m0/s1. The molecule has 2 nitrogen and oxygen atoms in total. The van der Waals surface area contributed by atoms with Crippen LogP contribution < -0.4 is 11.1 Å². The van der Waals surface area contributed by atoms with Crippen LogP contribution in [-0.4, -0.2) is 18.6 Å². The zero-order chi connectivity index (χ0) is 9.56. The highest BCUT2D eigenvalue weighted by Crippen LogP contribution is 2.07. The van der Waals surface area contributed by atoms with Crippen molar-refractivity contribution in [2.45, 2.75) is 52.6 Å². The molecule has 0 heterocycles. The van der Waals surface area contributed by atoms with E-state index >= 15 is 0 Å². The smallest absolute Gasteiger partial charge is 0.0167 e. The van der Waals surface area contributed by atoms with Crippen LogP contribution in [0.3, 0.4) is 0 Å². The average molecular weight is 172 g/mol. The summed E-state index contributed by atoms with van der Waals surface area (Å²) in [6, 6.07) is 0.871. The number of rotatable bonds is 6. The van der Waals surface area contributed by atoms with Gasteiger partial charge in [0.1, 0.15) is 0 Å². The van der Waals surface area contributed by atoms with Gasteiger partial charge in [0, 0.05) is 18.6 Å². The van der Waals surface area contributed by atoms with E-state index in [1.54, 1.807) is 0 Å². The van der Waals surface area contributed by atoms with Gasteiger partial charge in [0.05, 0.1) is 0 Å². The molecule has 12 heavy (non-hydrogen) atoms. The molecule has 0 aliphatic rings. The molecule has 0 aromatic heterocycles. The van der Waals surface area contributed by atoms with Crippen molar-refractivity contribution in [3.8, 4) is 0 Å². The van der Waals surface area contributed by atoms with Crippen LogP contribution in [0, 0.1) is 5.92 Å². The van der Waals surface area contributed by atoms with Gasteiger partial charge < -0.3 is 11.1 Å². The lowest BCUT2D eigenvalue weighted by Crippen LogP contribution is -2.38. The molecule has 0 aliphatic carbocycles. The Kier molecular flexibility index (Phi) is 6.39. The second-order valence-electron chi connectivity index (χ2n) is 4.07. The predicted octanol–water partition coefficient (Wildman–Crippen LogP) is 1.75. The van der Waals surface area contributed by atoms with Crippen molar-refractivity contribution in [1.82, 2.24) is 5.32 Å². The van der Waals surface area contributed by atoms with Crippen molar-refractivity contribution in [3.63, 3.8) is 0 Å². The summed E-state index contributed by atoms with van der Waals surface area (Å²) in [5.74, 6) is 0.758. The van der Waals surface area contributed by atoms with Crippen molar-refractivity contribution in [1.29, 1.82) is 0 Å². The van der Waals surface area contributed by atoms with E-state index in [2.05, 4.69) is 33.0 Å². The molecule has 0 bridgehead atoms. The topological polar surface area (TPSA) is 38.0 Å². The summed E-state index contributed by atoms with van der Waals surface area (Å²) in [4.78, 5) is 0. The van der Waals surface area contributed by atoms with Gasteiger partial charge >= 0.3 is 0 Å². The maximum atomic E-state index is 5.94. The lowest BCUT2D eigenvalue weighted by molar-refractivity contribution is 0.422. The van der Waals surface area contributed by atoms with Gasteiger partial charge in [-0.1, -0.05) is 34.1 Å². The van der Waals surface area contributed by atoms with E-state index in [-0.39, 0.29) is 0 Å². The van der Waals surface area contributed by atoms with E-state index in [1.165, 1.54) is 6.42 Å². The third kappa shape index (κ3) is 6.62. The first-order valence-electron chi connectivity index (χ1n) is 5.05. The molecular weight excluding hydrogens is 148 g/mol. The Balaban J connectivity index is 3.39. The van der Waals surface area contributed by atoms with Gasteiger partial charge in [0.2, 0.25) is 0 Å². The highest BCUT2D eigenvalue weighted by molar-refractivity contribution is 4.68. The third-order valence-electron chi connectivity index (χ3n) is 2.19. The second-order valence-corrected chi connectivity index (χ2v) is 4.07. The Labute approximate surface area is 76.9 Å². The minimum atomic E-state index is 0.322. The monoisotopic (exact) mass is 172 g/mol. The summed E-state index contributed by atoms with van der Waals surface area (Å²) >= 11 is 0. The molecule has 0 saturated carbocycles. The minimum Gasteiger partial charge on any atom is -0.327 e. The maximum Gasteiger partial charge on any atom is 0.0167 e. The number of nitrogens with one attached hydrogen (secondary N) is 1. The van der Waals surface area contributed by atoms with Crippen LogP contribution in [0.15, 0.2) is 0 Å². The summed E-state index contributed by atoms with van der Waals surface area (Å²) < 4.78 is 0. The van der Waals surface area contributed by atoms with Crippen molar-refractivity contribution in [3.05, 3.63) is 0 Å². The molecule has 0 saturated heterocycles. The number of hydrogen-bond acceptors (Lipinski definition) is 2. The van der Waals surface area contributed by atoms with Gasteiger partial charge in [0.15, 0.2) is 0 Å². The molecule has 0 radical (unpaired) electrons. The Morgan fingerprint density at radius 2 is 1.83 bits per heavy atom. The molecule has 0 spiro atoms. The van der Waals surface area contributed by atoms with E-state index in [9.17, 15) is 0 Å². The van der Waals surface area contributed by atoms with Crippen molar-refractivity contribution < 1.29 is 0 Å². The summed E-state index contributed by atoms with van der Waals surface area (Å²) in [5, 5.41) is 3.35. The van der Waals surface area contributed by atoms with E-state index < -0.39 is 0 Å². The zero-order valence-corrected chi connectivity index (χ0v) is 8.93. The van der Waals surface area contributed by atoms with Crippen LogP contribution in [0.25, 0.3) is 0 Å². The predicted molar refractivity (Wildman–Crippen MR) is 55.2 cm³/mol. The van der Waals surface area contributed by atoms with Crippen LogP contribution >= 0.6 is 0 Å². The van der Waals surface area contributed by atoms with Crippen molar-refractivity contribution >= 4 is 0 Å². The Morgan fingerprint density at radius 3 is 2.25 bits per heavy atom. The number of hydrogen-bond donors (Lipinski definition) is 2. The second kappa shape index (κ2) is 6.44. The van der Waals surface area contributed by atoms with Crippen LogP contribution in [0.1, 0.15) is 40.5 Å². The van der Waals surface area contributed by atoms with Crippen LogP contribution in [0.4, 0.5) is 0 Å². The normalized spacial score (nSPS) is 16.5. The van der Waals surface area contributed by atoms with E-state index in [0.717, 1.165) is 18.9 Å². The fourth-order valence-electron chi connectivity index (χ4n) is 1.15. The minimum absolute atomic E-state index is 0.322. The van der Waals surface area contributed by atoms with Gasteiger partial charge in [-0.25, -0.2) is 0 Å². The Bertz CT molecular complexity index is 102. The molecule has 0 aliphatic heterocycles. The van der Waals surface area contributed by atoms with E-state index in [0.29, 0.717) is 12.1 Å². The van der Waals surface area contributed by atoms with Crippen LogP contribution in [0.2, 0.25) is 0 Å². The lowest BCUT2D eigenvalue weighted by atomic mass is 10.00. The van der Waals surface area contributed by atoms with Crippen molar-refractivity contribution in [2.24, 2.45) is 11.7 Å². The molecule has 0 fully saturated rings. The summed E-state index contributed by atoms with van der Waals surface area (Å²) in [6.07, 6.45) is 2.37. The summed E-state index contributed by atoms with van der Waals surface area (Å²) in [5.41, 5.74) is 5.94. The molecule has 0 aromatic rings. The first-order valence-corrected chi connectivity index (χ1v) is 5.05. The fourth-order valence-corrected chi connectivity index (χ4v) is 1.15. The first-order chi connectivity index (χ1) is 5.56. The molecule has 1 unspecified atom stereocenters. The number of nitrogens with two attached hydrogens (primary N) is 1. The molecular formula is C10H24N2. The van der Waals surface area contributed by atoms with Crippen LogP contribution in [-0.2, 0) is 0 Å². The third-order valence-corrected chi connectivity index (χ3v) is 2.19. The van der Waals surface area contributed by atoms with Gasteiger partial charge in [-0.2, -0.15) is 0 Å². The zero-order valence-electron chi connectivity index (χ0n) is 8.93. The first kappa shape index (κ1) is 11.9. The highest BCUT2D eigenvalue weighted by atomic mass is 14.9. The largest absolute Gasteiger partial charge is 0.327 e. The van der Waals surface area contributed by atoms with Crippen molar-refractivity contribution in [2.75, 3.05) is 6.54 Å². The summed E-state index contributed by atoms with van der Waals surface area (Å²) in [7, 11) is 0. The molecule has 3 N–H and O–H groups in total. The summed E-state index contributed by atoms with van der Waals surface area (Å²) in [6.45, 7) is 9.72. The SMILES string of the molecule is CCC(C)C[C@H](N)CNC(C)C. The Hall–Kier alpha value is -0.0800. The molecule has 0 rings (SSSR count). The molecule has 2 heteroatoms. The average Bonchev–Trinajstić information content (AvgIpc) is 2.00. The molecule has 0 amide bonds. The maximum absolute atomic E-state index is 5.94. The van der Waals surface area contributed by atoms with E-state index in [1.807, 2.05) is 0 Å². The van der Waals surface area contributed by atoms with Gasteiger partial charge in [-0.3, -0.25) is 0 Å². The van der Waals surface area contributed by atoms with Gasteiger partial charge in [0.25, 0.3) is 0 Å². The highest BCUT2D eigenvalue weighted by Gasteiger charge is 2.07. The molecule has 0 aromatic carbocycles.